The summed E-state index contributed by atoms with van der Waals surface area (Å²) >= 11 is 12.6. The zero-order chi connectivity index (χ0) is 25.5. The highest BCUT2D eigenvalue weighted by Gasteiger charge is 2.50. The van der Waals surface area contributed by atoms with Crippen molar-refractivity contribution < 1.29 is 14.0 Å². The van der Waals surface area contributed by atoms with Crippen molar-refractivity contribution in [3.8, 4) is 0 Å². The van der Waals surface area contributed by atoms with Gasteiger partial charge in [-0.3, -0.25) is 4.79 Å². The SMILES string of the molecule is C[C@H]1O[C@H](c2cccc(Cl)c2)[C@@H](c2ccc(Cl)cc2)N([C@H](CO[Si](C)(C)C(C)(C)C)C2CC2)C1=O. The summed E-state index contributed by atoms with van der Waals surface area (Å²) in [6, 6.07) is 15.2. The summed E-state index contributed by atoms with van der Waals surface area (Å²) in [5.41, 5.74) is 1.96. The van der Waals surface area contributed by atoms with E-state index >= 15 is 0 Å². The smallest absolute Gasteiger partial charge is 0.252 e. The van der Waals surface area contributed by atoms with Crippen LogP contribution in [0.25, 0.3) is 0 Å². The van der Waals surface area contributed by atoms with E-state index in [0.717, 1.165) is 24.0 Å². The fraction of sp³-hybridized carbons (Fsp3) is 0.536. The zero-order valence-electron chi connectivity index (χ0n) is 21.6. The molecule has 4 nitrogen and oxygen atoms in total. The van der Waals surface area contributed by atoms with E-state index < -0.39 is 14.4 Å². The first kappa shape index (κ1) is 26.7. The second-order valence-corrected chi connectivity index (χ2v) is 17.2. The van der Waals surface area contributed by atoms with Crippen molar-refractivity contribution in [1.29, 1.82) is 0 Å². The average Bonchev–Trinajstić information content (AvgIpc) is 3.61. The fourth-order valence-electron chi connectivity index (χ4n) is 4.59. The second kappa shape index (κ2) is 10.2. The maximum absolute atomic E-state index is 13.8. The van der Waals surface area contributed by atoms with E-state index in [1.807, 2.05) is 55.5 Å². The topological polar surface area (TPSA) is 38.8 Å². The number of hydrogen-bond donors (Lipinski definition) is 0. The molecule has 2 fully saturated rings. The van der Waals surface area contributed by atoms with Crippen molar-refractivity contribution in [2.24, 2.45) is 5.92 Å². The minimum atomic E-state index is -1.99. The minimum Gasteiger partial charge on any atom is -0.415 e. The van der Waals surface area contributed by atoms with Crippen LogP contribution >= 0.6 is 23.2 Å². The van der Waals surface area contributed by atoms with Gasteiger partial charge in [-0.15, -0.1) is 0 Å². The van der Waals surface area contributed by atoms with E-state index in [0.29, 0.717) is 22.6 Å². The highest BCUT2D eigenvalue weighted by Crippen LogP contribution is 2.48. The minimum absolute atomic E-state index is 0.00895. The highest BCUT2D eigenvalue weighted by molar-refractivity contribution is 6.74. The molecule has 7 heteroatoms. The van der Waals surface area contributed by atoms with Gasteiger partial charge in [-0.25, -0.2) is 0 Å². The summed E-state index contributed by atoms with van der Waals surface area (Å²) in [4.78, 5) is 15.9. The Bertz CT molecular complexity index is 1050. The molecule has 0 aromatic heterocycles. The number of morpholine rings is 1. The average molecular weight is 535 g/mol. The molecule has 4 rings (SSSR count). The molecule has 0 unspecified atom stereocenters. The molecule has 1 saturated heterocycles. The van der Waals surface area contributed by atoms with E-state index in [-0.39, 0.29) is 29.1 Å². The summed E-state index contributed by atoms with van der Waals surface area (Å²) in [6.07, 6.45) is 1.31. The van der Waals surface area contributed by atoms with Crippen LogP contribution < -0.4 is 0 Å². The maximum atomic E-state index is 13.8. The van der Waals surface area contributed by atoms with Gasteiger partial charge in [-0.1, -0.05) is 68.2 Å². The van der Waals surface area contributed by atoms with Gasteiger partial charge >= 0.3 is 0 Å². The van der Waals surface area contributed by atoms with E-state index in [1.165, 1.54) is 0 Å². The molecule has 35 heavy (non-hydrogen) atoms. The van der Waals surface area contributed by atoms with Crippen molar-refractivity contribution in [3.05, 3.63) is 69.7 Å². The lowest BCUT2D eigenvalue weighted by Gasteiger charge is -2.48. The van der Waals surface area contributed by atoms with Crippen molar-refractivity contribution in [2.75, 3.05) is 6.61 Å². The lowest BCUT2D eigenvalue weighted by Crippen LogP contribution is -2.57. The van der Waals surface area contributed by atoms with Crippen molar-refractivity contribution in [3.63, 3.8) is 0 Å². The van der Waals surface area contributed by atoms with Gasteiger partial charge < -0.3 is 14.1 Å². The number of rotatable bonds is 7. The third-order valence-electron chi connectivity index (χ3n) is 7.87. The number of ether oxygens (including phenoxy) is 1. The first-order valence-corrected chi connectivity index (χ1v) is 16.2. The summed E-state index contributed by atoms with van der Waals surface area (Å²) < 4.78 is 13.1. The van der Waals surface area contributed by atoms with E-state index in [4.69, 9.17) is 32.4 Å². The van der Waals surface area contributed by atoms with E-state index in [9.17, 15) is 4.79 Å². The molecule has 0 spiro atoms. The molecule has 0 bridgehead atoms. The fourth-order valence-corrected chi connectivity index (χ4v) is 5.93. The molecule has 2 aromatic rings. The normalized spacial score (nSPS) is 24.5. The monoisotopic (exact) mass is 533 g/mol. The van der Waals surface area contributed by atoms with Crippen LogP contribution in [0.3, 0.4) is 0 Å². The highest BCUT2D eigenvalue weighted by atomic mass is 35.5. The molecular weight excluding hydrogens is 497 g/mol. The van der Waals surface area contributed by atoms with Gasteiger partial charge in [0.05, 0.1) is 18.7 Å². The molecule has 1 aliphatic heterocycles. The predicted octanol–water partition coefficient (Wildman–Crippen LogP) is 7.82. The summed E-state index contributed by atoms with van der Waals surface area (Å²) in [7, 11) is -1.99. The predicted molar refractivity (Wildman–Crippen MR) is 145 cm³/mol. The molecule has 0 N–H and O–H groups in total. The lowest BCUT2D eigenvalue weighted by molar-refractivity contribution is -0.179. The maximum Gasteiger partial charge on any atom is 0.252 e. The van der Waals surface area contributed by atoms with Crippen molar-refractivity contribution in [1.82, 2.24) is 4.90 Å². The number of nitrogens with zero attached hydrogens (tertiary/aromatic N) is 1. The van der Waals surface area contributed by atoms with Crippen LogP contribution in [0.4, 0.5) is 0 Å². The summed E-state index contributed by atoms with van der Waals surface area (Å²) in [5, 5.41) is 1.41. The Kier molecular flexibility index (Phi) is 7.76. The molecule has 2 aliphatic rings. The molecule has 1 amide bonds. The molecule has 0 radical (unpaired) electrons. The Labute approximate surface area is 221 Å². The Morgan fingerprint density at radius 1 is 1.06 bits per heavy atom. The number of benzene rings is 2. The van der Waals surface area contributed by atoms with Crippen LogP contribution in [-0.4, -0.2) is 37.9 Å². The second-order valence-electron chi connectivity index (χ2n) is 11.5. The molecule has 1 aliphatic carbocycles. The number of carbonyl (C=O) groups excluding carboxylic acids is 1. The van der Waals surface area contributed by atoms with Crippen LogP contribution in [-0.2, 0) is 14.0 Å². The van der Waals surface area contributed by atoms with Crippen molar-refractivity contribution >= 4 is 37.4 Å². The third kappa shape index (κ3) is 5.80. The number of hydrogen-bond acceptors (Lipinski definition) is 3. The van der Waals surface area contributed by atoms with Crippen LogP contribution in [0.15, 0.2) is 48.5 Å². The van der Waals surface area contributed by atoms with E-state index in [1.54, 1.807) is 0 Å². The van der Waals surface area contributed by atoms with Gasteiger partial charge in [0.25, 0.3) is 5.91 Å². The van der Waals surface area contributed by atoms with Gasteiger partial charge in [0.1, 0.15) is 12.2 Å². The van der Waals surface area contributed by atoms with Crippen LogP contribution in [0.5, 0.6) is 0 Å². The van der Waals surface area contributed by atoms with Gasteiger partial charge in [0, 0.05) is 10.0 Å². The van der Waals surface area contributed by atoms with Gasteiger partial charge in [0.15, 0.2) is 8.32 Å². The first-order valence-electron chi connectivity index (χ1n) is 12.5. The summed E-state index contributed by atoms with van der Waals surface area (Å²) in [6.45, 7) is 13.7. The Balaban J connectivity index is 1.77. The Morgan fingerprint density at radius 3 is 2.29 bits per heavy atom. The molecular formula is C28H37Cl2NO3Si. The van der Waals surface area contributed by atoms with Gasteiger partial charge in [-0.2, -0.15) is 0 Å². The Hall–Kier alpha value is -1.37. The van der Waals surface area contributed by atoms with Gasteiger partial charge in [-0.05, 0) is 79.2 Å². The molecule has 1 heterocycles. The zero-order valence-corrected chi connectivity index (χ0v) is 24.1. The largest absolute Gasteiger partial charge is 0.415 e. The lowest BCUT2D eigenvalue weighted by atomic mass is 9.90. The number of carbonyl (C=O) groups is 1. The standard InChI is InChI=1S/C28H37Cl2NO3Si/c1-18-27(32)31(24(19-10-11-19)17-33-35(5,6)28(2,3)4)25(20-12-14-22(29)15-13-20)26(34-18)21-8-7-9-23(30)16-21/h7-9,12-16,18-19,24-26H,10-11,17H2,1-6H3/t18-,24-,25-,26-/m1/s1. The van der Waals surface area contributed by atoms with Crippen molar-refractivity contribution in [2.45, 2.75) is 83.0 Å². The number of halogens is 2. The molecule has 4 atom stereocenters. The third-order valence-corrected chi connectivity index (χ3v) is 12.9. The van der Waals surface area contributed by atoms with Crippen LogP contribution in [0, 0.1) is 5.92 Å². The van der Waals surface area contributed by atoms with Gasteiger partial charge in [0.2, 0.25) is 0 Å². The molecule has 1 saturated carbocycles. The number of amides is 1. The first-order chi connectivity index (χ1) is 16.4. The molecule has 190 valence electrons. The quantitative estimate of drug-likeness (QED) is 0.340. The van der Waals surface area contributed by atoms with E-state index in [2.05, 4.69) is 38.8 Å². The summed E-state index contributed by atoms with van der Waals surface area (Å²) in [5.74, 6) is 0.447. The molecule has 2 aromatic carbocycles. The van der Waals surface area contributed by atoms with Crippen LogP contribution in [0.1, 0.15) is 63.8 Å². The van der Waals surface area contributed by atoms with Crippen LogP contribution in [0.2, 0.25) is 28.2 Å². The Morgan fingerprint density at radius 2 is 1.71 bits per heavy atom.